The third-order valence-corrected chi connectivity index (χ3v) is 12.7. The van der Waals surface area contributed by atoms with Crippen molar-refractivity contribution >= 4 is 40.2 Å². The van der Waals surface area contributed by atoms with Gasteiger partial charge in [-0.05, 0) is 77.0 Å². The van der Waals surface area contributed by atoms with Gasteiger partial charge in [0.15, 0.2) is 0 Å². The molecule has 0 bridgehead atoms. The summed E-state index contributed by atoms with van der Waals surface area (Å²) in [6.07, 6.45) is 41.8. The number of hydrogen-bond acceptors (Lipinski definition) is 4. The van der Waals surface area contributed by atoms with Gasteiger partial charge in [0.05, 0.1) is 0 Å². The predicted molar refractivity (Wildman–Crippen MR) is 227 cm³/mol. The number of benzene rings is 2. The molecule has 0 amide bonds. The van der Waals surface area contributed by atoms with Gasteiger partial charge in [-0.3, -0.25) is 0 Å². The Morgan fingerprint density at radius 1 is 0.415 bits per heavy atom. The van der Waals surface area contributed by atoms with Crippen molar-refractivity contribution in [2.75, 3.05) is 0 Å². The molecule has 5 heteroatoms. The Balaban J connectivity index is 0.000000781. The van der Waals surface area contributed by atoms with Crippen LogP contribution in [-0.2, 0) is 9.59 Å². The number of hydrogen-bond donors (Lipinski definition) is 0. The van der Waals surface area contributed by atoms with Crippen LogP contribution in [0.25, 0.3) is 0 Å². The summed E-state index contributed by atoms with van der Waals surface area (Å²) in [6, 6.07) is 21.6. The van der Waals surface area contributed by atoms with Crippen LogP contribution in [-0.4, -0.2) is 33.1 Å². The molecule has 296 valence electrons. The summed E-state index contributed by atoms with van der Waals surface area (Å²) in [5.74, 6) is -1.83. The second-order valence-electron chi connectivity index (χ2n) is 14.3. The third kappa shape index (κ3) is 42.3. The van der Waals surface area contributed by atoms with Crippen LogP contribution in [0.2, 0.25) is 0 Å². The number of allylic oxidation sites excluding steroid dienone is 4. The summed E-state index contributed by atoms with van der Waals surface area (Å²) < 4.78 is 3.08. The molecule has 0 atom stereocenters. The maximum absolute atomic E-state index is 10.2. The van der Waals surface area contributed by atoms with Gasteiger partial charge in [-0.15, -0.1) is 0 Å². The summed E-state index contributed by atoms with van der Waals surface area (Å²) in [5, 5.41) is 20.4. The zero-order valence-corrected chi connectivity index (χ0v) is 36.9. The average Bonchev–Trinajstić information content (AvgIpc) is 3.16. The van der Waals surface area contributed by atoms with Crippen molar-refractivity contribution in [3.05, 3.63) is 85.0 Å². The fourth-order valence-corrected chi connectivity index (χ4v) is 8.89. The van der Waals surface area contributed by atoms with Crippen molar-refractivity contribution in [3.8, 4) is 0 Å². The Morgan fingerprint density at radius 2 is 0.679 bits per heavy atom. The topological polar surface area (TPSA) is 80.3 Å². The molecule has 0 aromatic heterocycles. The second-order valence-corrected chi connectivity index (χ2v) is 18.3. The van der Waals surface area contributed by atoms with Crippen molar-refractivity contribution in [2.45, 2.75) is 194 Å². The van der Waals surface area contributed by atoms with E-state index in [9.17, 15) is 19.8 Å². The molecule has 0 fully saturated rings. The van der Waals surface area contributed by atoms with Crippen LogP contribution in [0.5, 0.6) is 0 Å². The number of carboxylic acids is 2. The summed E-state index contributed by atoms with van der Waals surface area (Å²) in [4.78, 5) is 20.4. The monoisotopic (exact) mass is 836 g/mol. The number of unbranched alkanes of at least 4 members (excludes halogenated alkanes) is 22. The number of carbonyl (C=O) groups excluding carboxylic acids is 2. The molecule has 0 aliphatic carbocycles. The zero-order valence-electron chi connectivity index (χ0n) is 34.0. The van der Waals surface area contributed by atoms with Crippen molar-refractivity contribution in [1.82, 2.24) is 0 Å². The van der Waals surface area contributed by atoms with E-state index in [-0.39, 0.29) is 12.8 Å². The molecule has 0 spiro atoms. The van der Waals surface area contributed by atoms with Crippen molar-refractivity contribution in [2.24, 2.45) is 0 Å². The average molecular weight is 836 g/mol. The number of carbonyl (C=O) groups is 2. The Hall–Kier alpha value is -2.34. The van der Waals surface area contributed by atoms with E-state index in [4.69, 9.17) is 0 Å². The van der Waals surface area contributed by atoms with Gasteiger partial charge in [-0.1, -0.05) is 141 Å². The number of carboxylic acid groups (broad SMARTS) is 2. The van der Waals surface area contributed by atoms with Crippen LogP contribution in [0, 0.1) is 0 Å². The van der Waals surface area contributed by atoms with Crippen molar-refractivity contribution in [3.63, 3.8) is 0 Å². The molecule has 2 aromatic carbocycles. The second kappa shape index (κ2) is 42.4. The standard InChI is InChI=1S/2C18H34O2.2C6H5.Sn/c2*1-2-3-4-5-6-7-8-9-10-11-12-13-14-15-16-17-18(19)20;2*1-2-4-6-5-3-1;/h2*9-10H,2-8,11-17H2,1H3,(H,19,20);2*1-5H;/q;;;;+2/p-2. The van der Waals surface area contributed by atoms with Crippen molar-refractivity contribution in [1.29, 1.82) is 0 Å². The van der Waals surface area contributed by atoms with Gasteiger partial charge >= 0.3 is 89.0 Å². The quantitative estimate of drug-likeness (QED) is 0.0418. The van der Waals surface area contributed by atoms with Crippen LogP contribution >= 0.6 is 0 Å². The van der Waals surface area contributed by atoms with Gasteiger partial charge in [0.1, 0.15) is 0 Å². The van der Waals surface area contributed by atoms with E-state index in [0.717, 1.165) is 38.5 Å². The Morgan fingerprint density at radius 3 is 0.962 bits per heavy atom. The summed E-state index contributed by atoms with van der Waals surface area (Å²) in [6.45, 7) is 4.51. The first-order chi connectivity index (χ1) is 26.0. The van der Waals surface area contributed by atoms with Gasteiger partial charge < -0.3 is 19.8 Å². The third-order valence-electron chi connectivity index (χ3n) is 9.12. The van der Waals surface area contributed by atoms with Crippen LogP contribution in [0.3, 0.4) is 0 Å². The van der Waals surface area contributed by atoms with Crippen LogP contribution in [0.1, 0.15) is 194 Å². The predicted octanol–water partition coefficient (Wildman–Crippen LogP) is 10.9. The fraction of sp³-hybridized carbons (Fsp3) is 0.625. The SMILES string of the molecule is CCCCCCCCC=CCCCCCCCC(=O)[O-].CCCCCCCCC=CCCCCCCCC(=O)[O-].c1cc[c]([Sn+2][c]2ccccc2)cc1. The molecule has 53 heavy (non-hydrogen) atoms. The van der Waals surface area contributed by atoms with Gasteiger partial charge in [-0.2, -0.15) is 0 Å². The van der Waals surface area contributed by atoms with E-state index in [1.165, 1.54) is 136 Å². The molecular formula is C48H76O4Sn. The first kappa shape index (κ1) is 50.7. The summed E-state index contributed by atoms with van der Waals surface area (Å²) in [5.41, 5.74) is 0. The van der Waals surface area contributed by atoms with Gasteiger partial charge in [0, 0.05) is 11.9 Å². The minimum absolute atomic E-state index is 0.220. The van der Waals surface area contributed by atoms with Crippen LogP contribution in [0.4, 0.5) is 0 Å². The van der Waals surface area contributed by atoms with E-state index < -0.39 is 33.1 Å². The van der Waals surface area contributed by atoms with Crippen LogP contribution < -0.4 is 17.4 Å². The zero-order chi connectivity index (χ0) is 38.7. The molecule has 2 rings (SSSR count). The molecule has 2 aromatic rings. The normalized spacial score (nSPS) is 10.8. The molecular weight excluding hydrogens is 759 g/mol. The Bertz CT molecular complexity index is 1010. The van der Waals surface area contributed by atoms with Crippen LogP contribution in [0.15, 0.2) is 85.0 Å². The molecule has 0 N–H and O–H groups in total. The number of aliphatic carboxylic acids is 2. The van der Waals surface area contributed by atoms with E-state index in [0.29, 0.717) is 0 Å². The van der Waals surface area contributed by atoms with E-state index in [2.05, 4.69) is 98.8 Å². The molecule has 0 radical (unpaired) electrons. The maximum atomic E-state index is 10.2. The Labute approximate surface area is 337 Å². The first-order valence-electron chi connectivity index (χ1n) is 21.6. The fourth-order valence-electron chi connectivity index (χ4n) is 5.89. The molecule has 0 heterocycles. The Kier molecular flexibility index (Phi) is 40.5. The molecule has 0 aliphatic heterocycles. The van der Waals surface area contributed by atoms with E-state index >= 15 is 0 Å². The molecule has 0 saturated carbocycles. The molecule has 0 unspecified atom stereocenters. The first-order valence-corrected chi connectivity index (χ1v) is 24.4. The number of rotatable bonds is 32. The molecule has 4 nitrogen and oxygen atoms in total. The van der Waals surface area contributed by atoms with Crippen molar-refractivity contribution < 1.29 is 19.8 Å². The van der Waals surface area contributed by atoms with Gasteiger partial charge in [0.2, 0.25) is 0 Å². The summed E-state index contributed by atoms with van der Waals surface area (Å²) in [7, 11) is 0. The van der Waals surface area contributed by atoms with Gasteiger partial charge in [-0.25, -0.2) is 0 Å². The summed E-state index contributed by atoms with van der Waals surface area (Å²) >= 11 is -0.517. The van der Waals surface area contributed by atoms with E-state index in [1.54, 1.807) is 0 Å². The molecule has 0 aliphatic rings. The van der Waals surface area contributed by atoms with E-state index in [1.807, 2.05) is 0 Å². The minimum atomic E-state index is -0.914. The molecule has 0 saturated heterocycles. The van der Waals surface area contributed by atoms with Gasteiger partial charge in [0.25, 0.3) is 0 Å².